The van der Waals surface area contributed by atoms with Gasteiger partial charge in [-0.1, -0.05) is 36.4 Å². The van der Waals surface area contributed by atoms with Gasteiger partial charge in [0, 0.05) is 29.1 Å². The van der Waals surface area contributed by atoms with E-state index in [0.717, 1.165) is 33.9 Å². The van der Waals surface area contributed by atoms with Crippen molar-refractivity contribution in [3.63, 3.8) is 0 Å². The lowest BCUT2D eigenvalue weighted by Gasteiger charge is -2.25. The number of aromatic nitrogens is 1. The Hall–Kier alpha value is -3.46. The molecular weight excluding hydrogens is 335 g/mol. The summed E-state index contributed by atoms with van der Waals surface area (Å²) in [5.41, 5.74) is 6.52. The molecule has 0 N–H and O–H groups in total. The molecule has 0 amide bonds. The van der Waals surface area contributed by atoms with E-state index in [9.17, 15) is 4.39 Å². The zero-order valence-electron chi connectivity index (χ0n) is 14.7. The predicted molar refractivity (Wildman–Crippen MR) is 106 cm³/mol. The largest absolute Gasteiger partial charge is 0.310 e. The second-order valence-corrected chi connectivity index (χ2v) is 6.71. The van der Waals surface area contributed by atoms with Crippen LogP contribution in [0.15, 0.2) is 97.2 Å². The smallest absolute Gasteiger partial charge is 0.215 e. The first-order valence-electron chi connectivity index (χ1n) is 9.02. The molecule has 3 heteroatoms. The van der Waals surface area contributed by atoms with Crippen LogP contribution in [-0.2, 0) is 6.54 Å². The van der Waals surface area contributed by atoms with Crippen LogP contribution in [0.3, 0.4) is 0 Å². The van der Waals surface area contributed by atoms with Gasteiger partial charge in [-0.3, -0.25) is 0 Å². The number of hydrogen-bond acceptors (Lipinski definition) is 1. The van der Waals surface area contributed by atoms with Gasteiger partial charge in [-0.2, -0.15) is 4.57 Å². The Morgan fingerprint density at radius 3 is 2.04 bits per heavy atom. The molecule has 4 aromatic rings. The normalized spacial score (nSPS) is 11.7. The summed E-state index contributed by atoms with van der Waals surface area (Å²) in [6, 6.07) is 30.0. The first kappa shape index (κ1) is 15.8. The highest BCUT2D eigenvalue weighted by molar-refractivity contribution is 5.78. The summed E-state index contributed by atoms with van der Waals surface area (Å²) >= 11 is 0. The van der Waals surface area contributed by atoms with Crippen molar-refractivity contribution in [2.45, 2.75) is 6.54 Å². The van der Waals surface area contributed by atoms with E-state index >= 15 is 0 Å². The molecule has 1 aliphatic rings. The first-order valence-corrected chi connectivity index (χ1v) is 9.02. The minimum absolute atomic E-state index is 0.183. The summed E-state index contributed by atoms with van der Waals surface area (Å²) in [7, 11) is 0. The fraction of sp³-hybridized carbons (Fsp3) is 0.0417. The third kappa shape index (κ3) is 2.77. The van der Waals surface area contributed by atoms with Gasteiger partial charge in [0.2, 0.25) is 5.69 Å². The SMILES string of the molecule is Fc1ccc2c(c1)C[n+]1ccc(N(c3ccccc3)c3ccccc3)cc1-2. The zero-order valence-corrected chi connectivity index (χ0v) is 14.7. The van der Waals surface area contributed by atoms with Gasteiger partial charge < -0.3 is 4.90 Å². The molecule has 130 valence electrons. The minimum Gasteiger partial charge on any atom is -0.310 e. The Balaban J connectivity index is 1.66. The molecule has 0 aliphatic carbocycles. The quantitative estimate of drug-likeness (QED) is 0.382. The van der Waals surface area contributed by atoms with Gasteiger partial charge in [0.1, 0.15) is 5.82 Å². The second kappa shape index (κ2) is 6.36. The standard InChI is InChI=1S/C24H18FN2/c25-19-11-12-23-18(15-19)17-26-14-13-22(16-24(23)26)27(20-7-3-1-4-8-20)21-9-5-2-6-10-21/h1-16H,17H2/q+1. The van der Waals surface area contributed by atoms with E-state index in [4.69, 9.17) is 0 Å². The molecule has 3 aromatic carbocycles. The van der Waals surface area contributed by atoms with E-state index in [-0.39, 0.29) is 5.82 Å². The average Bonchev–Trinajstić information content (AvgIpc) is 3.07. The maximum atomic E-state index is 13.6. The molecule has 0 atom stereocenters. The van der Waals surface area contributed by atoms with Crippen LogP contribution >= 0.6 is 0 Å². The van der Waals surface area contributed by atoms with E-state index in [1.807, 2.05) is 42.5 Å². The summed E-state index contributed by atoms with van der Waals surface area (Å²) < 4.78 is 15.8. The first-order chi connectivity index (χ1) is 13.3. The summed E-state index contributed by atoms with van der Waals surface area (Å²) in [4.78, 5) is 2.24. The van der Waals surface area contributed by atoms with Gasteiger partial charge in [0.15, 0.2) is 12.7 Å². The zero-order chi connectivity index (χ0) is 18.2. The molecular formula is C24H18FN2+. The number of halogens is 1. The van der Waals surface area contributed by atoms with Crippen molar-refractivity contribution in [1.82, 2.24) is 0 Å². The molecule has 5 rings (SSSR count). The van der Waals surface area contributed by atoms with Crippen molar-refractivity contribution in [3.05, 3.63) is 109 Å². The maximum Gasteiger partial charge on any atom is 0.215 e. The average molecular weight is 353 g/mol. The molecule has 0 saturated carbocycles. The number of para-hydroxylation sites is 2. The monoisotopic (exact) mass is 353 g/mol. The summed E-state index contributed by atoms with van der Waals surface area (Å²) in [5.74, 6) is -0.183. The van der Waals surface area contributed by atoms with Crippen molar-refractivity contribution in [3.8, 4) is 11.3 Å². The van der Waals surface area contributed by atoms with Crippen LogP contribution in [0.1, 0.15) is 5.56 Å². The molecule has 0 fully saturated rings. The van der Waals surface area contributed by atoms with Gasteiger partial charge in [0.05, 0.1) is 11.3 Å². The Bertz CT molecular complexity index is 1070. The molecule has 2 nitrogen and oxygen atoms in total. The van der Waals surface area contributed by atoms with Gasteiger partial charge in [0.25, 0.3) is 0 Å². The molecule has 27 heavy (non-hydrogen) atoms. The number of fused-ring (bicyclic) bond motifs is 3. The van der Waals surface area contributed by atoms with E-state index in [0.29, 0.717) is 6.54 Å². The number of pyridine rings is 1. The van der Waals surface area contributed by atoms with Crippen LogP contribution in [0.2, 0.25) is 0 Å². The van der Waals surface area contributed by atoms with Crippen LogP contribution in [0, 0.1) is 5.82 Å². The number of anilines is 3. The maximum absolute atomic E-state index is 13.6. The Morgan fingerprint density at radius 2 is 1.37 bits per heavy atom. The van der Waals surface area contributed by atoms with Crippen LogP contribution < -0.4 is 9.47 Å². The summed E-state index contributed by atoms with van der Waals surface area (Å²) in [6.07, 6.45) is 2.08. The Labute approximate surface area is 157 Å². The molecule has 0 radical (unpaired) electrons. The summed E-state index contributed by atoms with van der Waals surface area (Å²) in [5, 5.41) is 0. The topological polar surface area (TPSA) is 7.12 Å². The molecule has 0 saturated heterocycles. The molecule has 1 aliphatic heterocycles. The Morgan fingerprint density at radius 1 is 0.704 bits per heavy atom. The van der Waals surface area contributed by atoms with Gasteiger partial charge in [-0.15, -0.1) is 0 Å². The fourth-order valence-electron chi connectivity index (χ4n) is 3.76. The lowest BCUT2D eigenvalue weighted by Crippen LogP contribution is -2.32. The van der Waals surface area contributed by atoms with E-state index < -0.39 is 0 Å². The minimum atomic E-state index is -0.183. The molecule has 0 unspecified atom stereocenters. The van der Waals surface area contributed by atoms with Crippen LogP contribution in [0.4, 0.5) is 21.5 Å². The van der Waals surface area contributed by atoms with Gasteiger partial charge in [-0.25, -0.2) is 4.39 Å². The number of benzene rings is 3. The summed E-state index contributed by atoms with van der Waals surface area (Å²) in [6.45, 7) is 0.708. The third-order valence-electron chi connectivity index (χ3n) is 4.99. The van der Waals surface area contributed by atoms with E-state index in [1.165, 1.54) is 6.07 Å². The highest BCUT2D eigenvalue weighted by Gasteiger charge is 2.27. The van der Waals surface area contributed by atoms with E-state index in [2.05, 4.69) is 52.1 Å². The lowest BCUT2D eigenvalue weighted by molar-refractivity contribution is -0.672. The highest BCUT2D eigenvalue weighted by atomic mass is 19.1. The van der Waals surface area contributed by atoms with E-state index in [1.54, 1.807) is 6.07 Å². The van der Waals surface area contributed by atoms with Crippen LogP contribution in [0.25, 0.3) is 11.3 Å². The molecule has 0 bridgehead atoms. The number of nitrogens with zero attached hydrogens (tertiary/aromatic N) is 2. The number of rotatable bonds is 3. The molecule has 2 heterocycles. The van der Waals surface area contributed by atoms with Gasteiger partial charge >= 0.3 is 0 Å². The van der Waals surface area contributed by atoms with Gasteiger partial charge in [-0.05, 0) is 42.5 Å². The molecule has 0 spiro atoms. The third-order valence-corrected chi connectivity index (χ3v) is 4.99. The van der Waals surface area contributed by atoms with Crippen molar-refractivity contribution >= 4 is 17.1 Å². The van der Waals surface area contributed by atoms with Crippen LogP contribution in [0.5, 0.6) is 0 Å². The van der Waals surface area contributed by atoms with Crippen molar-refractivity contribution in [2.75, 3.05) is 4.90 Å². The fourth-order valence-corrected chi connectivity index (χ4v) is 3.76. The predicted octanol–water partition coefficient (Wildman–Crippen LogP) is 5.61. The highest BCUT2D eigenvalue weighted by Crippen LogP contribution is 2.36. The second-order valence-electron chi connectivity index (χ2n) is 6.71. The van der Waals surface area contributed by atoms with Crippen molar-refractivity contribution in [1.29, 1.82) is 0 Å². The van der Waals surface area contributed by atoms with Crippen molar-refractivity contribution < 1.29 is 8.96 Å². The molecule has 1 aromatic heterocycles. The van der Waals surface area contributed by atoms with Crippen LogP contribution in [-0.4, -0.2) is 0 Å². The number of hydrogen-bond donors (Lipinski definition) is 0. The van der Waals surface area contributed by atoms with Crippen molar-refractivity contribution in [2.24, 2.45) is 0 Å². The lowest BCUT2D eigenvalue weighted by atomic mass is 10.1. The Kier molecular flexibility index (Phi) is 3.72.